The molecule has 0 radical (unpaired) electrons. The molecule has 9 atom stereocenters. The molecule has 0 bridgehead atoms. The highest BCUT2D eigenvalue weighted by atomic mass is 16.3. The highest BCUT2D eigenvalue weighted by Crippen LogP contribution is 2.67. The fraction of sp³-hybridized carbons (Fsp3) is 0.862. The van der Waals surface area contributed by atoms with E-state index in [-0.39, 0.29) is 17.6 Å². The van der Waals surface area contributed by atoms with Gasteiger partial charge < -0.3 is 10.2 Å². The second-order valence-electron chi connectivity index (χ2n) is 12.5. The van der Waals surface area contributed by atoms with Crippen molar-refractivity contribution in [2.24, 2.45) is 46.3 Å². The van der Waals surface area contributed by atoms with Crippen molar-refractivity contribution in [3.8, 4) is 0 Å². The Morgan fingerprint density at radius 2 is 1.81 bits per heavy atom. The van der Waals surface area contributed by atoms with Crippen LogP contribution >= 0.6 is 0 Å². The van der Waals surface area contributed by atoms with Gasteiger partial charge in [-0.25, -0.2) is 0 Å². The van der Waals surface area contributed by atoms with Gasteiger partial charge in [-0.2, -0.15) is 0 Å². The summed E-state index contributed by atoms with van der Waals surface area (Å²) in [7, 11) is 0. The lowest BCUT2D eigenvalue weighted by atomic mass is 9.46. The normalized spacial score (nSPS) is 46.2. The number of aliphatic hydroxyl groups excluding tert-OH is 2. The molecule has 4 aliphatic carbocycles. The topological polar surface area (TPSA) is 40.5 Å². The lowest BCUT2D eigenvalue weighted by Crippen LogP contribution is -2.54. The molecule has 0 aromatic rings. The Labute approximate surface area is 191 Å². The van der Waals surface area contributed by atoms with Crippen LogP contribution in [0.4, 0.5) is 0 Å². The molecular weight excluding hydrogens is 380 g/mol. The maximum atomic E-state index is 11.3. The van der Waals surface area contributed by atoms with Gasteiger partial charge in [0.15, 0.2) is 0 Å². The molecule has 2 unspecified atom stereocenters. The zero-order valence-electron chi connectivity index (χ0n) is 21.0. The Morgan fingerprint density at radius 3 is 2.48 bits per heavy atom. The molecule has 4 aliphatic rings. The Balaban J connectivity index is 1.53. The Kier molecular flexibility index (Phi) is 6.56. The van der Waals surface area contributed by atoms with E-state index in [2.05, 4.69) is 53.7 Å². The molecule has 0 aliphatic heterocycles. The van der Waals surface area contributed by atoms with Crippen molar-refractivity contribution < 1.29 is 10.2 Å². The van der Waals surface area contributed by atoms with Crippen molar-refractivity contribution in [3.63, 3.8) is 0 Å². The Morgan fingerprint density at radius 1 is 1.06 bits per heavy atom. The smallest absolute Gasteiger partial charge is 0.0757 e. The first-order valence-corrected chi connectivity index (χ1v) is 13.3. The van der Waals surface area contributed by atoms with Crippen LogP contribution in [0.5, 0.6) is 0 Å². The minimum absolute atomic E-state index is 0.201. The van der Waals surface area contributed by atoms with E-state index in [4.69, 9.17) is 0 Å². The van der Waals surface area contributed by atoms with Crippen molar-refractivity contribution in [1.82, 2.24) is 0 Å². The molecule has 4 rings (SSSR count). The first-order chi connectivity index (χ1) is 14.6. The van der Waals surface area contributed by atoms with Crippen LogP contribution in [-0.4, -0.2) is 22.4 Å². The average Bonchev–Trinajstić information content (AvgIpc) is 3.06. The fourth-order valence-corrected chi connectivity index (χ4v) is 8.97. The van der Waals surface area contributed by atoms with Crippen molar-refractivity contribution in [1.29, 1.82) is 0 Å². The number of allylic oxidation sites excluding steroid dienone is 2. The summed E-state index contributed by atoms with van der Waals surface area (Å²) >= 11 is 0. The third kappa shape index (κ3) is 3.88. The number of rotatable bonds is 5. The van der Waals surface area contributed by atoms with Crippen molar-refractivity contribution in [3.05, 3.63) is 23.3 Å². The number of fused-ring (bicyclic) bond motifs is 5. The van der Waals surface area contributed by atoms with E-state index >= 15 is 0 Å². The van der Waals surface area contributed by atoms with Crippen LogP contribution in [0.15, 0.2) is 23.3 Å². The molecule has 2 heteroatoms. The molecule has 31 heavy (non-hydrogen) atoms. The highest BCUT2D eigenvalue weighted by molar-refractivity contribution is 5.28. The van der Waals surface area contributed by atoms with Crippen LogP contribution in [0.2, 0.25) is 0 Å². The van der Waals surface area contributed by atoms with Crippen LogP contribution in [0.25, 0.3) is 0 Å². The van der Waals surface area contributed by atoms with E-state index in [1.807, 2.05) is 0 Å². The fourth-order valence-electron chi connectivity index (χ4n) is 8.97. The minimum Gasteiger partial charge on any atom is -0.393 e. The van der Waals surface area contributed by atoms with E-state index in [0.717, 1.165) is 31.1 Å². The lowest BCUT2D eigenvalue weighted by Gasteiger charge is -2.59. The SMILES string of the molecule is CC=C(CC[C@@H](C)[C@H]1CC[C@H]2[C@@H]3C(O)C=C4CC(O)CC[C@]4(C)[C@H]3CC[C@]12C)C(C)C. The summed E-state index contributed by atoms with van der Waals surface area (Å²) in [5, 5.41) is 21.6. The van der Waals surface area contributed by atoms with Gasteiger partial charge in [0, 0.05) is 0 Å². The molecule has 0 amide bonds. The zero-order valence-corrected chi connectivity index (χ0v) is 21.0. The van der Waals surface area contributed by atoms with Crippen LogP contribution in [0.1, 0.15) is 99.3 Å². The Hall–Kier alpha value is -0.600. The van der Waals surface area contributed by atoms with Crippen LogP contribution < -0.4 is 0 Å². The summed E-state index contributed by atoms with van der Waals surface area (Å²) in [6.07, 6.45) is 14.6. The van der Waals surface area contributed by atoms with Crippen molar-refractivity contribution in [2.75, 3.05) is 0 Å². The number of hydrogen-bond donors (Lipinski definition) is 2. The maximum Gasteiger partial charge on any atom is 0.0757 e. The molecule has 0 aromatic carbocycles. The summed E-state index contributed by atoms with van der Waals surface area (Å²) in [5.74, 6) is 3.88. The van der Waals surface area contributed by atoms with Gasteiger partial charge in [-0.3, -0.25) is 0 Å². The summed E-state index contributed by atoms with van der Waals surface area (Å²) in [4.78, 5) is 0. The summed E-state index contributed by atoms with van der Waals surface area (Å²) < 4.78 is 0. The molecule has 2 N–H and O–H groups in total. The van der Waals surface area contributed by atoms with Gasteiger partial charge in [0.05, 0.1) is 12.2 Å². The monoisotopic (exact) mass is 428 g/mol. The molecule has 3 fully saturated rings. The molecule has 2 nitrogen and oxygen atoms in total. The molecule has 0 aromatic heterocycles. The number of hydrogen-bond acceptors (Lipinski definition) is 2. The first-order valence-electron chi connectivity index (χ1n) is 13.3. The van der Waals surface area contributed by atoms with Gasteiger partial charge >= 0.3 is 0 Å². The van der Waals surface area contributed by atoms with E-state index in [1.165, 1.54) is 44.1 Å². The first kappa shape index (κ1) is 23.6. The third-order valence-corrected chi connectivity index (χ3v) is 10.9. The van der Waals surface area contributed by atoms with E-state index < -0.39 is 0 Å². The van der Waals surface area contributed by atoms with Gasteiger partial charge in [0.1, 0.15) is 0 Å². The molecule has 3 saturated carbocycles. The van der Waals surface area contributed by atoms with E-state index in [9.17, 15) is 10.2 Å². The molecule has 0 heterocycles. The summed E-state index contributed by atoms with van der Waals surface area (Å²) in [6.45, 7) is 14.4. The highest BCUT2D eigenvalue weighted by Gasteiger charge is 2.61. The van der Waals surface area contributed by atoms with Gasteiger partial charge in [-0.1, -0.05) is 57.9 Å². The predicted molar refractivity (Wildman–Crippen MR) is 130 cm³/mol. The lowest BCUT2D eigenvalue weighted by molar-refractivity contribution is -0.0970. The van der Waals surface area contributed by atoms with E-state index in [1.54, 1.807) is 5.57 Å². The maximum absolute atomic E-state index is 11.3. The van der Waals surface area contributed by atoms with Gasteiger partial charge in [-0.05, 0) is 111 Å². The number of aliphatic hydroxyl groups is 2. The van der Waals surface area contributed by atoms with Gasteiger partial charge in [-0.15, -0.1) is 0 Å². The average molecular weight is 429 g/mol. The molecule has 0 spiro atoms. The summed E-state index contributed by atoms with van der Waals surface area (Å²) in [5.41, 5.74) is 3.56. The third-order valence-electron chi connectivity index (χ3n) is 10.9. The second-order valence-corrected chi connectivity index (χ2v) is 12.5. The van der Waals surface area contributed by atoms with Crippen LogP contribution in [-0.2, 0) is 0 Å². The van der Waals surface area contributed by atoms with Crippen molar-refractivity contribution in [2.45, 2.75) is 112 Å². The molecule has 176 valence electrons. The predicted octanol–water partition coefficient (Wildman–Crippen LogP) is 6.92. The minimum atomic E-state index is -0.312. The quantitative estimate of drug-likeness (QED) is 0.467. The largest absolute Gasteiger partial charge is 0.393 e. The molecule has 0 saturated heterocycles. The van der Waals surface area contributed by atoms with E-state index in [0.29, 0.717) is 29.1 Å². The summed E-state index contributed by atoms with van der Waals surface area (Å²) in [6, 6.07) is 0. The standard InChI is InChI=1S/C29H48O2/c1-7-20(18(2)3)9-8-19(4)23-10-11-24-27-25(13-15-29(23,24)6)28(5)14-12-22(30)16-21(28)17-26(27)31/h7,17-19,22-27,30-31H,8-16H2,1-6H3/t19-,22?,23-,24+,25+,26?,27+,28+,29-/m1/s1. The zero-order chi connectivity index (χ0) is 22.6. The van der Waals surface area contributed by atoms with Gasteiger partial charge in [0.2, 0.25) is 0 Å². The van der Waals surface area contributed by atoms with Gasteiger partial charge in [0.25, 0.3) is 0 Å². The van der Waals surface area contributed by atoms with Crippen LogP contribution in [0, 0.1) is 46.3 Å². The molecular formula is C29H48O2. The Bertz CT molecular complexity index is 720. The van der Waals surface area contributed by atoms with Crippen LogP contribution in [0.3, 0.4) is 0 Å². The second kappa shape index (κ2) is 8.64. The van der Waals surface area contributed by atoms with Crippen molar-refractivity contribution >= 4 is 0 Å².